The van der Waals surface area contributed by atoms with Crippen LogP contribution >= 0.6 is 0 Å². The van der Waals surface area contributed by atoms with Crippen molar-refractivity contribution in [2.75, 3.05) is 17.2 Å². The molecule has 0 aliphatic carbocycles. The fraction of sp³-hybridized carbons (Fsp3) is 0.267. The second-order valence-corrected chi connectivity index (χ2v) is 5.00. The number of carbonyl (C=O) groups is 1. The van der Waals surface area contributed by atoms with E-state index in [9.17, 15) is 9.18 Å². The van der Waals surface area contributed by atoms with Crippen LogP contribution in [0.25, 0.3) is 0 Å². The molecule has 0 saturated carbocycles. The van der Waals surface area contributed by atoms with Gasteiger partial charge < -0.3 is 10.6 Å². The number of carbonyl (C=O) groups excluding carboxylic acids is 1. The van der Waals surface area contributed by atoms with Crippen molar-refractivity contribution < 1.29 is 9.18 Å². The highest BCUT2D eigenvalue weighted by Gasteiger charge is 2.10. The van der Waals surface area contributed by atoms with Crippen molar-refractivity contribution in [2.24, 2.45) is 5.92 Å². The largest absolute Gasteiger partial charge is 0.354 e. The van der Waals surface area contributed by atoms with Gasteiger partial charge in [0.15, 0.2) is 0 Å². The predicted octanol–water partition coefficient (Wildman–Crippen LogP) is 2.94. The first-order valence-electron chi connectivity index (χ1n) is 6.68. The predicted molar refractivity (Wildman–Crippen MR) is 79.7 cm³/mol. The third-order valence-corrected chi connectivity index (χ3v) is 2.70. The Morgan fingerprint density at radius 3 is 2.52 bits per heavy atom. The molecule has 0 aliphatic rings. The van der Waals surface area contributed by atoms with Gasteiger partial charge >= 0.3 is 0 Å². The zero-order valence-electron chi connectivity index (χ0n) is 11.9. The summed E-state index contributed by atoms with van der Waals surface area (Å²) in [5.74, 6) is 0.00118. The Bertz CT molecular complexity index is 613. The Labute approximate surface area is 122 Å². The summed E-state index contributed by atoms with van der Waals surface area (Å²) < 4.78 is 13.4. The van der Waals surface area contributed by atoms with Gasteiger partial charge in [-0.2, -0.15) is 0 Å². The van der Waals surface area contributed by atoms with E-state index >= 15 is 0 Å². The van der Waals surface area contributed by atoms with Gasteiger partial charge in [0.05, 0.1) is 11.3 Å². The van der Waals surface area contributed by atoms with Crippen LogP contribution in [-0.2, 0) is 0 Å². The number of anilines is 2. The molecule has 2 N–H and O–H groups in total. The monoisotopic (exact) mass is 288 g/mol. The number of nitrogens with one attached hydrogen (secondary N) is 2. The van der Waals surface area contributed by atoms with Crippen molar-refractivity contribution in [2.45, 2.75) is 13.8 Å². The summed E-state index contributed by atoms with van der Waals surface area (Å²) in [5, 5.41) is 5.54. The maximum absolute atomic E-state index is 13.4. The van der Waals surface area contributed by atoms with E-state index in [-0.39, 0.29) is 11.3 Å². The lowest BCUT2D eigenvalue weighted by Crippen LogP contribution is -2.15. The van der Waals surface area contributed by atoms with E-state index in [1.807, 2.05) is 0 Å². The van der Waals surface area contributed by atoms with Gasteiger partial charge in [-0.15, -0.1) is 0 Å². The Hall–Kier alpha value is -2.50. The second kappa shape index (κ2) is 6.78. The van der Waals surface area contributed by atoms with Crippen molar-refractivity contribution in [3.63, 3.8) is 0 Å². The quantitative estimate of drug-likeness (QED) is 0.887. The van der Waals surface area contributed by atoms with Gasteiger partial charge in [-0.3, -0.25) is 4.79 Å². The van der Waals surface area contributed by atoms with E-state index in [0.29, 0.717) is 11.9 Å². The molecule has 5 nitrogen and oxygen atoms in total. The summed E-state index contributed by atoms with van der Waals surface area (Å²) in [7, 11) is 0. The van der Waals surface area contributed by atoms with Crippen LogP contribution in [0.3, 0.4) is 0 Å². The topological polar surface area (TPSA) is 66.9 Å². The number of hydrogen-bond acceptors (Lipinski definition) is 4. The van der Waals surface area contributed by atoms with Crippen molar-refractivity contribution in [1.29, 1.82) is 0 Å². The number of nitrogens with zero attached hydrogens (tertiary/aromatic N) is 2. The number of para-hydroxylation sites is 1. The normalized spacial score (nSPS) is 10.5. The van der Waals surface area contributed by atoms with Crippen LogP contribution in [-0.4, -0.2) is 22.4 Å². The zero-order valence-corrected chi connectivity index (χ0v) is 11.9. The molecular formula is C15H17FN4O. The van der Waals surface area contributed by atoms with Crippen molar-refractivity contribution in [3.05, 3.63) is 48.0 Å². The maximum Gasteiger partial charge on any atom is 0.258 e. The lowest BCUT2D eigenvalue weighted by molar-refractivity contribution is 0.102. The Kier molecular flexibility index (Phi) is 4.81. The fourth-order valence-electron chi connectivity index (χ4n) is 1.59. The highest BCUT2D eigenvalue weighted by molar-refractivity contribution is 6.03. The minimum absolute atomic E-state index is 0.129. The van der Waals surface area contributed by atoms with Crippen molar-refractivity contribution in [1.82, 2.24) is 9.97 Å². The smallest absolute Gasteiger partial charge is 0.258 e. The van der Waals surface area contributed by atoms with Gasteiger partial charge in [-0.1, -0.05) is 26.0 Å². The van der Waals surface area contributed by atoms with Gasteiger partial charge in [0, 0.05) is 18.9 Å². The Morgan fingerprint density at radius 1 is 1.24 bits per heavy atom. The molecule has 21 heavy (non-hydrogen) atoms. The minimum atomic E-state index is -0.484. The van der Waals surface area contributed by atoms with E-state index in [1.165, 1.54) is 24.5 Å². The van der Waals surface area contributed by atoms with E-state index in [1.54, 1.807) is 12.1 Å². The minimum Gasteiger partial charge on any atom is -0.354 e. The molecule has 0 saturated heterocycles. The number of benzene rings is 1. The van der Waals surface area contributed by atoms with E-state index in [0.717, 1.165) is 6.54 Å². The molecule has 0 bridgehead atoms. The van der Waals surface area contributed by atoms with Gasteiger partial charge in [-0.05, 0) is 18.1 Å². The number of hydrogen-bond donors (Lipinski definition) is 2. The first-order chi connectivity index (χ1) is 10.1. The molecule has 1 aromatic carbocycles. The third kappa shape index (κ3) is 4.24. The van der Waals surface area contributed by atoms with Crippen LogP contribution in [0.1, 0.15) is 24.2 Å². The fourth-order valence-corrected chi connectivity index (χ4v) is 1.59. The third-order valence-electron chi connectivity index (χ3n) is 2.70. The number of amides is 1. The lowest BCUT2D eigenvalue weighted by Gasteiger charge is -2.08. The summed E-state index contributed by atoms with van der Waals surface area (Å²) >= 11 is 0. The average Bonchev–Trinajstić information content (AvgIpc) is 2.48. The first-order valence-corrected chi connectivity index (χ1v) is 6.68. The van der Waals surface area contributed by atoms with Crippen LogP contribution in [0, 0.1) is 11.7 Å². The molecule has 0 aliphatic heterocycles. The van der Waals surface area contributed by atoms with Crippen molar-refractivity contribution in [3.8, 4) is 0 Å². The number of halogens is 1. The molecule has 2 rings (SSSR count). The molecule has 1 amide bonds. The molecule has 0 spiro atoms. The number of aromatic nitrogens is 2. The Morgan fingerprint density at radius 2 is 1.90 bits per heavy atom. The molecule has 2 aromatic rings. The van der Waals surface area contributed by atoms with Gasteiger partial charge in [0.25, 0.3) is 5.91 Å². The lowest BCUT2D eigenvalue weighted by atomic mass is 10.2. The zero-order chi connectivity index (χ0) is 15.2. The van der Waals surface area contributed by atoms with Gasteiger partial charge in [-0.25, -0.2) is 14.4 Å². The molecule has 0 radical (unpaired) electrons. The molecular weight excluding hydrogens is 271 g/mol. The van der Waals surface area contributed by atoms with Gasteiger partial charge in [0.2, 0.25) is 5.95 Å². The molecule has 0 fully saturated rings. The van der Waals surface area contributed by atoms with Crippen molar-refractivity contribution >= 4 is 17.5 Å². The molecule has 0 unspecified atom stereocenters. The molecule has 1 heterocycles. The summed E-state index contributed by atoms with van der Waals surface area (Å²) in [6.07, 6.45) is 2.82. The number of rotatable bonds is 5. The second-order valence-electron chi connectivity index (χ2n) is 5.00. The maximum atomic E-state index is 13.4. The summed E-state index contributed by atoms with van der Waals surface area (Å²) in [6, 6.07) is 5.98. The van der Waals surface area contributed by atoms with E-state index in [4.69, 9.17) is 0 Å². The van der Waals surface area contributed by atoms with E-state index < -0.39 is 11.7 Å². The highest BCUT2D eigenvalue weighted by atomic mass is 19.1. The van der Waals surface area contributed by atoms with E-state index in [2.05, 4.69) is 34.4 Å². The molecule has 110 valence electrons. The van der Waals surface area contributed by atoms with Gasteiger partial charge in [0.1, 0.15) is 5.82 Å². The van der Waals surface area contributed by atoms with Crippen LogP contribution in [0.4, 0.5) is 16.0 Å². The van der Waals surface area contributed by atoms with Crippen LogP contribution < -0.4 is 10.6 Å². The SMILES string of the molecule is CC(C)CNc1ncc(C(=O)Nc2ccccc2F)cn1. The summed E-state index contributed by atoms with van der Waals surface area (Å²) in [5.41, 5.74) is 0.401. The Balaban J connectivity index is 2.01. The molecule has 1 aromatic heterocycles. The van der Waals surface area contributed by atoms with Crippen LogP contribution in [0.5, 0.6) is 0 Å². The summed E-state index contributed by atoms with van der Waals surface area (Å²) in [4.78, 5) is 20.1. The first kappa shape index (κ1) is 14.9. The average molecular weight is 288 g/mol. The van der Waals surface area contributed by atoms with Crippen LogP contribution in [0.15, 0.2) is 36.7 Å². The summed E-state index contributed by atoms with van der Waals surface area (Å²) in [6.45, 7) is 4.90. The standard InChI is InChI=1S/C15H17FN4O/c1-10(2)7-17-15-18-8-11(9-19-15)14(21)20-13-6-4-3-5-12(13)16/h3-6,8-10H,7H2,1-2H3,(H,20,21)(H,17,18,19). The molecule has 6 heteroatoms. The molecule has 0 atom stereocenters. The highest BCUT2D eigenvalue weighted by Crippen LogP contribution is 2.13. The van der Waals surface area contributed by atoms with Crippen LogP contribution in [0.2, 0.25) is 0 Å².